The highest BCUT2D eigenvalue weighted by molar-refractivity contribution is 5.89. The summed E-state index contributed by atoms with van der Waals surface area (Å²) < 4.78 is 29.4. The van der Waals surface area contributed by atoms with Gasteiger partial charge in [0.1, 0.15) is 30.3 Å². The van der Waals surface area contributed by atoms with Gasteiger partial charge < -0.3 is 28.6 Å². The third kappa shape index (κ3) is 7.77. The third-order valence-corrected chi connectivity index (χ3v) is 6.83. The first kappa shape index (κ1) is 29.4. The Morgan fingerprint density at radius 1 is 1.02 bits per heavy atom. The number of amides is 1. The number of ether oxygens (including phenoxy) is 5. The second-order valence-electron chi connectivity index (χ2n) is 11.0. The molecule has 214 valence electrons. The SMILES string of the molecule is C=CCOc1ccc(C2CCN(C(=O)OC(C)(C)C)CC2OCc2ccc3ccccc3c2OCCOC)cc1. The molecule has 1 fully saturated rings. The van der Waals surface area contributed by atoms with Gasteiger partial charge in [0.25, 0.3) is 0 Å². The van der Waals surface area contributed by atoms with Gasteiger partial charge in [-0.3, -0.25) is 0 Å². The summed E-state index contributed by atoms with van der Waals surface area (Å²) in [5.74, 6) is 1.70. The van der Waals surface area contributed by atoms with Crippen molar-refractivity contribution in [2.75, 3.05) is 40.0 Å². The Kier molecular flexibility index (Phi) is 10.1. The van der Waals surface area contributed by atoms with Crippen molar-refractivity contribution < 1.29 is 28.5 Å². The number of likely N-dealkylation sites (tertiary alicyclic amines) is 1. The molecule has 0 bridgehead atoms. The van der Waals surface area contributed by atoms with Crippen molar-refractivity contribution in [3.8, 4) is 11.5 Å². The van der Waals surface area contributed by atoms with Gasteiger partial charge in [0.2, 0.25) is 0 Å². The maximum absolute atomic E-state index is 13.0. The number of rotatable bonds is 11. The number of methoxy groups -OCH3 is 1. The average molecular weight is 548 g/mol. The second kappa shape index (κ2) is 13.7. The fourth-order valence-electron chi connectivity index (χ4n) is 4.92. The van der Waals surface area contributed by atoms with Crippen molar-refractivity contribution >= 4 is 16.9 Å². The van der Waals surface area contributed by atoms with E-state index in [0.717, 1.165) is 39.8 Å². The van der Waals surface area contributed by atoms with Crippen molar-refractivity contribution in [1.82, 2.24) is 4.90 Å². The largest absolute Gasteiger partial charge is 0.490 e. The normalized spacial score (nSPS) is 17.4. The highest BCUT2D eigenvalue weighted by Gasteiger charge is 2.35. The molecule has 0 radical (unpaired) electrons. The molecular weight excluding hydrogens is 506 g/mol. The number of carbonyl (C=O) groups is 1. The van der Waals surface area contributed by atoms with E-state index in [1.54, 1.807) is 18.1 Å². The molecular formula is C33H41NO6. The van der Waals surface area contributed by atoms with Gasteiger partial charge in [0, 0.05) is 30.5 Å². The number of hydrogen-bond donors (Lipinski definition) is 0. The average Bonchev–Trinajstić information content (AvgIpc) is 2.95. The maximum atomic E-state index is 13.0. The van der Waals surface area contributed by atoms with Crippen LogP contribution in [0.1, 0.15) is 44.2 Å². The molecule has 2 atom stereocenters. The van der Waals surface area contributed by atoms with E-state index in [9.17, 15) is 4.79 Å². The molecule has 3 aromatic rings. The predicted octanol–water partition coefficient (Wildman–Crippen LogP) is 6.74. The van der Waals surface area contributed by atoms with Crippen molar-refractivity contribution in [2.24, 2.45) is 0 Å². The minimum atomic E-state index is -0.564. The summed E-state index contributed by atoms with van der Waals surface area (Å²) >= 11 is 0. The van der Waals surface area contributed by atoms with Crippen LogP contribution in [0.4, 0.5) is 4.79 Å². The first-order chi connectivity index (χ1) is 19.3. The molecule has 7 heteroatoms. The smallest absolute Gasteiger partial charge is 0.410 e. The highest BCUT2D eigenvalue weighted by atomic mass is 16.6. The van der Waals surface area contributed by atoms with Crippen LogP contribution in [0.3, 0.4) is 0 Å². The van der Waals surface area contributed by atoms with Crippen LogP contribution in [-0.2, 0) is 20.8 Å². The van der Waals surface area contributed by atoms with E-state index in [1.165, 1.54) is 0 Å². The van der Waals surface area contributed by atoms with Crippen LogP contribution in [0.15, 0.2) is 73.3 Å². The Labute approximate surface area is 237 Å². The lowest BCUT2D eigenvalue weighted by Gasteiger charge is -2.39. The van der Waals surface area contributed by atoms with Crippen LogP contribution in [-0.4, -0.2) is 62.7 Å². The van der Waals surface area contributed by atoms with Gasteiger partial charge in [-0.2, -0.15) is 0 Å². The fourth-order valence-corrected chi connectivity index (χ4v) is 4.92. The number of fused-ring (bicyclic) bond motifs is 1. The summed E-state index contributed by atoms with van der Waals surface area (Å²) in [4.78, 5) is 14.7. The van der Waals surface area contributed by atoms with E-state index < -0.39 is 5.60 Å². The van der Waals surface area contributed by atoms with Crippen LogP contribution in [0, 0.1) is 0 Å². The quantitative estimate of drug-likeness (QED) is 0.196. The van der Waals surface area contributed by atoms with Crippen molar-refractivity contribution in [3.63, 3.8) is 0 Å². The number of carbonyl (C=O) groups excluding carboxylic acids is 1. The summed E-state index contributed by atoms with van der Waals surface area (Å²) in [6, 6.07) is 20.4. The monoisotopic (exact) mass is 547 g/mol. The van der Waals surface area contributed by atoms with Crippen molar-refractivity contribution in [2.45, 2.75) is 51.4 Å². The molecule has 7 nitrogen and oxygen atoms in total. The third-order valence-electron chi connectivity index (χ3n) is 6.83. The lowest BCUT2D eigenvalue weighted by atomic mass is 9.87. The van der Waals surface area contributed by atoms with Gasteiger partial charge in [0.05, 0.1) is 25.9 Å². The van der Waals surface area contributed by atoms with E-state index in [1.807, 2.05) is 45.0 Å². The molecule has 1 aliphatic heterocycles. The van der Waals surface area contributed by atoms with E-state index in [4.69, 9.17) is 23.7 Å². The second-order valence-corrected chi connectivity index (χ2v) is 11.0. The molecule has 0 N–H and O–H groups in total. The van der Waals surface area contributed by atoms with Crippen LogP contribution < -0.4 is 9.47 Å². The Hall–Kier alpha value is -3.55. The minimum Gasteiger partial charge on any atom is -0.490 e. The van der Waals surface area contributed by atoms with Gasteiger partial charge in [-0.05, 0) is 50.3 Å². The first-order valence-electron chi connectivity index (χ1n) is 13.8. The summed E-state index contributed by atoms with van der Waals surface area (Å²) in [6.45, 7) is 12.1. The van der Waals surface area contributed by atoms with E-state index >= 15 is 0 Å². The fraction of sp³-hybridized carbons (Fsp3) is 0.424. The molecule has 1 saturated heterocycles. The van der Waals surface area contributed by atoms with Crippen LogP contribution in [0.25, 0.3) is 10.8 Å². The van der Waals surface area contributed by atoms with Gasteiger partial charge in [-0.25, -0.2) is 4.79 Å². The van der Waals surface area contributed by atoms with E-state index in [0.29, 0.717) is 39.5 Å². The summed E-state index contributed by atoms with van der Waals surface area (Å²) in [6.07, 6.45) is 1.93. The van der Waals surface area contributed by atoms with Gasteiger partial charge in [-0.15, -0.1) is 0 Å². The molecule has 2 unspecified atom stereocenters. The number of piperidine rings is 1. The first-order valence-corrected chi connectivity index (χ1v) is 13.8. The van der Waals surface area contributed by atoms with Crippen molar-refractivity contribution in [3.05, 3.63) is 84.4 Å². The lowest BCUT2D eigenvalue weighted by Crippen LogP contribution is -2.48. The molecule has 4 rings (SSSR count). The summed E-state index contributed by atoms with van der Waals surface area (Å²) in [5, 5.41) is 2.13. The summed E-state index contributed by atoms with van der Waals surface area (Å²) in [7, 11) is 1.66. The topological polar surface area (TPSA) is 66.5 Å². The minimum absolute atomic E-state index is 0.102. The lowest BCUT2D eigenvalue weighted by molar-refractivity contribution is -0.0364. The molecule has 0 aromatic heterocycles. The summed E-state index contributed by atoms with van der Waals surface area (Å²) in [5.41, 5.74) is 1.54. The Morgan fingerprint density at radius 3 is 2.52 bits per heavy atom. The van der Waals surface area contributed by atoms with Crippen LogP contribution in [0.2, 0.25) is 0 Å². The Balaban J connectivity index is 1.57. The molecule has 3 aromatic carbocycles. The van der Waals surface area contributed by atoms with Gasteiger partial charge in [0.15, 0.2) is 0 Å². The van der Waals surface area contributed by atoms with Crippen molar-refractivity contribution in [1.29, 1.82) is 0 Å². The zero-order chi connectivity index (χ0) is 28.5. The molecule has 0 saturated carbocycles. The van der Waals surface area contributed by atoms with Gasteiger partial charge >= 0.3 is 6.09 Å². The Morgan fingerprint density at radius 2 is 1.80 bits per heavy atom. The maximum Gasteiger partial charge on any atom is 0.410 e. The molecule has 1 amide bonds. The number of hydrogen-bond acceptors (Lipinski definition) is 6. The molecule has 40 heavy (non-hydrogen) atoms. The highest BCUT2D eigenvalue weighted by Crippen LogP contribution is 2.35. The molecule has 0 spiro atoms. The van der Waals surface area contributed by atoms with E-state index in [2.05, 4.69) is 43.0 Å². The number of nitrogens with zero attached hydrogens (tertiary/aromatic N) is 1. The number of benzene rings is 3. The van der Waals surface area contributed by atoms with Crippen LogP contribution in [0.5, 0.6) is 11.5 Å². The molecule has 1 aliphatic rings. The Bertz CT molecular complexity index is 1270. The predicted molar refractivity (Wildman–Crippen MR) is 157 cm³/mol. The molecule has 1 heterocycles. The zero-order valence-corrected chi connectivity index (χ0v) is 24.1. The van der Waals surface area contributed by atoms with Gasteiger partial charge in [-0.1, -0.05) is 61.2 Å². The van der Waals surface area contributed by atoms with E-state index in [-0.39, 0.29) is 18.1 Å². The standard InChI is InChI=1S/C33H41NO6/c1-6-19-37-27-15-13-25(14-16-27)28-17-18-34(32(35)40-33(2,3)4)22-30(28)39-23-26-12-11-24-9-7-8-10-29(24)31(26)38-21-20-36-5/h6-16,28,30H,1,17-23H2,2-5H3. The van der Waals surface area contributed by atoms with Crippen LogP contribution >= 0.6 is 0 Å². The zero-order valence-electron chi connectivity index (χ0n) is 24.1. The molecule has 0 aliphatic carbocycles.